The number of hydrogen-bond acceptors (Lipinski definition) is 11. The van der Waals surface area contributed by atoms with Crippen molar-refractivity contribution in [2.45, 2.75) is 13.8 Å². The SMILES string of the molecule is C1CO1.Cc1cc2nc3c(=O)[nH]c(=O)nc-3n(C)c2cc1N.Cc1cc2nc3c(=O)[nH]c(=O)nc-3n(C)c2cc1N(CCCl)CCCl. The Morgan fingerprint density at radius 1 is 0.766 bits per heavy atom. The summed E-state index contributed by atoms with van der Waals surface area (Å²) in [6, 6.07) is 7.42. The van der Waals surface area contributed by atoms with Gasteiger partial charge in [-0.25, -0.2) is 19.6 Å². The number of aromatic nitrogens is 8. The van der Waals surface area contributed by atoms with Crippen LogP contribution in [0.3, 0.4) is 0 Å². The van der Waals surface area contributed by atoms with Crippen LogP contribution in [0, 0.1) is 13.8 Å². The lowest BCUT2D eigenvalue weighted by atomic mass is 10.1. The van der Waals surface area contributed by atoms with Crippen molar-refractivity contribution >= 4 is 56.6 Å². The van der Waals surface area contributed by atoms with Crippen molar-refractivity contribution in [3.05, 3.63) is 77.1 Å². The maximum atomic E-state index is 12.0. The number of nitrogens with one attached hydrogen (secondary N) is 2. The van der Waals surface area contributed by atoms with Crippen molar-refractivity contribution in [1.29, 1.82) is 0 Å². The van der Waals surface area contributed by atoms with E-state index in [1.165, 1.54) is 0 Å². The van der Waals surface area contributed by atoms with Crippen LogP contribution in [0.4, 0.5) is 11.4 Å². The zero-order chi connectivity index (χ0) is 34.0. The van der Waals surface area contributed by atoms with Crippen molar-refractivity contribution in [1.82, 2.24) is 39.0 Å². The van der Waals surface area contributed by atoms with Crippen molar-refractivity contribution < 1.29 is 4.74 Å². The number of alkyl halides is 2. The molecule has 2 aromatic rings. The predicted molar refractivity (Wildman–Crippen MR) is 182 cm³/mol. The monoisotopic (exact) mass is 682 g/mol. The molecule has 4 N–H and O–H groups in total. The lowest BCUT2D eigenvalue weighted by Crippen LogP contribution is -2.29. The van der Waals surface area contributed by atoms with Crippen molar-refractivity contribution in [2.24, 2.45) is 14.1 Å². The van der Waals surface area contributed by atoms with Gasteiger partial charge >= 0.3 is 11.4 Å². The number of epoxide rings is 1. The molecule has 5 heterocycles. The molecule has 1 fully saturated rings. The Hall–Kier alpha value is -4.86. The molecule has 7 rings (SSSR count). The second kappa shape index (κ2) is 13.9. The van der Waals surface area contributed by atoms with Crippen LogP contribution in [0.5, 0.6) is 0 Å². The molecule has 0 aromatic heterocycles. The lowest BCUT2D eigenvalue weighted by Gasteiger charge is -2.26. The molecule has 47 heavy (non-hydrogen) atoms. The molecule has 2 aromatic carbocycles. The van der Waals surface area contributed by atoms with Gasteiger partial charge in [0.1, 0.15) is 0 Å². The summed E-state index contributed by atoms with van der Waals surface area (Å²) in [5, 5.41) is 0. The lowest BCUT2D eigenvalue weighted by molar-refractivity contribution is 0.475. The van der Waals surface area contributed by atoms with Gasteiger partial charge in [0, 0.05) is 50.3 Å². The van der Waals surface area contributed by atoms with Crippen LogP contribution in [-0.2, 0) is 18.8 Å². The van der Waals surface area contributed by atoms with E-state index in [0.717, 1.165) is 35.5 Å². The average molecular weight is 684 g/mol. The van der Waals surface area contributed by atoms with Crippen molar-refractivity contribution in [2.75, 3.05) is 48.7 Å². The molecule has 0 unspecified atom stereocenters. The molecule has 0 atom stereocenters. The van der Waals surface area contributed by atoms with Crippen molar-refractivity contribution in [3.63, 3.8) is 0 Å². The van der Waals surface area contributed by atoms with Gasteiger partial charge in [-0.3, -0.25) is 19.6 Å². The highest BCUT2D eigenvalue weighted by atomic mass is 35.5. The Labute approximate surface area is 276 Å². The maximum Gasteiger partial charge on any atom is 0.349 e. The molecule has 0 amide bonds. The van der Waals surface area contributed by atoms with Crippen LogP contribution in [0.1, 0.15) is 11.1 Å². The summed E-state index contributed by atoms with van der Waals surface area (Å²) in [6.07, 6.45) is 0. The smallest absolute Gasteiger partial charge is 0.349 e. The number of aryl methyl sites for hydroxylation is 4. The number of ether oxygens (including phenoxy) is 1. The van der Waals surface area contributed by atoms with Gasteiger partial charge in [-0.1, -0.05) is 0 Å². The van der Waals surface area contributed by atoms with E-state index in [0.29, 0.717) is 47.1 Å². The highest BCUT2D eigenvalue weighted by Gasteiger charge is 2.19. The van der Waals surface area contributed by atoms with E-state index in [1.54, 1.807) is 35.4 Å². The fourth-order valence-electron chi connectivity index (χ4n) is 4.99. The number of aromatic amines is 2. The number of anilines is 2. The summed E-state index contributed by atoms with van der Waals surface area (Å²) in [4.78, 5) is 69.3. The summed E-state index contributed by atoms with van der Waals surface area (Å²) >= 11 is 11.8. The number of rotatable bonds is 5. The number of H-pyrrole nitrogens is 2. The van der Waals surface area contributed by atoms with Crippen LogP contribution in [0.25, 0.3) is 45.1 Å². The van der Waals surface area contributed by atoms with Gasteiger partial charge in [0.15, 0.2) is 23.0 Å². The van der Waals surface area contributed by atoms with E-state index in [9.17, 15) is 19.2 Å². The normalized spacial score (nSPS) is 12.1. The van der Waals surface area contributed by atoms with Gasteiger partial charge in [-0.05, 0) is 49.2 Å². The van der Waals surface area contributed by atoms with E-state index in [2.05, 4.69) is 39.5 Å². The van der Waals surface area contributed by atoms with Gasteiger partial charge in [-0.15, -0.1) is 23.2 Å². The molecule has 0 saturated carbocycles. The summed E-state index contributed by atoms with van der Waals surface area (Å²) in [5.41, 5.74) is 9.94. The minimum absolute atomic E-state index is 0.138. The molecular weight excluding hydrogens is 651 g/mol. The van der Waals surface area contributed by atoms with Crippen LogP contribution < -0.4 is 33.1 Å². The number of benzene rings is 2. The maximum absolute atomic E-state index is 12.0. The summed E-state index contributed by atoms with van der Waals surface area (Å²) in [6.45, 7) is 7.16. The molecule has 15 nitrogen and oxygen atoms in total. The predicted octanol–water partition coefficient (Wildman–Crippen LogP) is 1.74. The molecule has 0 aliphatic carbocycles. The minimum atomic E-state index is -0.688. The molecular formula is C30H32Cl2N10O5. The largest absolute Gasteiger partial charge is 0.398 e. The first-order chi connectivity index (χ1) is 22.4. The summed E-state index contributed by atoms with van der Waals surface area (Å²) in [5.74, 6) is 1.45. The molecule has 246 valence electrons. The standard InChI is InChI=1S/C16H17Cl2N5O2.C12H11N5O2.C2H4O/c1-9-7-10-12(8-11(9)23(5-3-17)6-4-18)22(2)14-13(19-10)15(24)21-16(25)20-14;1-5-3-7-8(4-6(5)13)17(2)10-9(14-7)11(18)16-12(19)15-10;1-2-3-1/h7-8H,3-6H2,1-2H3,(H,21,24,25);3-4H,13H2,1-2H3,(H,16,18,19);1-2H2. The minimum Gasteiger partial charge on any atom is -0.398 e. The first-order valence-electron chi connectivity index (χ1n) is 14.5. The number of fused-ring (bicyclic) bond motifs is 4. The van der Waals surface area contributed by atoms with Gasteiger partial charge in [0.2, 0.25) is 0 Å². The number of nitrogens with two attached hydrogens (primary N) is 1. The third kappa shape index (κ3) is 7.11. The Morgan fingerprint density at radius 3 is 1.66 bits per heavy atom. The average Bonchev–Trinajstić information content (AvgIpc) is 3.90. The Balaban J connectivity index is 0.000000174. The van der Waals surface area contributed by atoms with E-state index >= 15 is 0 Å². The number of halogens is 2. The fourth-order valence-corrected chi connectivity index (χ4v) is 5.40. The third-order valence-corrected chi connectivity index (χ3v) is 7.78. The van der Waals surface area contributed by atoms with Crippen LogP contribution in [0.2, 0.25) is 0 Å². The Bertz CT molecular complexity index is 2270. The van der Waals surface area contributed by atoms with E-state index in [-0.39, 0.29) is 23.0 Å². The molecule has 0 bridgehead atoms. The molecule has 5 aliphatic rings. The first-order valence-corrected chi connectivity index (χ1v) is 15.5. The van der Waals surface area contributed by atoms with Gasteiger partial charge in [0.05, 0.1) is 35.3 Å². The molecule has 17 heteroatoms. The molecule has 0 spiro atoms. The Kier molecular flexibility index (Phi) is 9.88. The van der Waals surface area contributed by atoms with Gasteiger partial charge in [0.25, 0.3) is 11.1 Å². The Morgan fingerprint density at radius 2 is 1.21 bits per heavy atom. The fraction of sp³-hybridized carbons (Fsp3) is 0.333. The van der Waals surface area contributed by atoms with Crippen LogP contribution in [0.15, 0.2) is 43.4 Å². The second-order valence-electron chi connectivity index (χ2n) is 10.7. The second-order valence-corrected chi connectivity index (χ2v) is 11.5. The number of hydrogen-bond donors (Lipinski definition) is 3. The molecule has 0 radical (unpaired) electrons. The molecule has 1 saturated heterocycles. The van der Waals surface area contributed by atoms with E-state index < -0.39 is 22.5 Å². The van der Waals surface area contributed by atoms with Crippen molar-refractivity contribution in [3.8, 4) is 23.0 Å². The van der Waals surface area contributed by atoms with Crippen LogP contribution in [-0.4, -0.2) is 77.1 Å². The highest BCUT2D eigenvalue weighted by Crippen LogP contribution is 2.28. The quantitative estimate of drug-likeness (QED) is 0.103. The highest BCUT2D eigenvalue weighted by molar-refractivity contribution is 6.18. The zero-order valence-electron chi connectivity index (χ0n) is 26.1. The summed E-state index contributed by atoms with van der Waals surface area (Å²) in [7, 11) is 3.47. The van der Waals surface area contributed by atoms with Crippen LogP contribution >= 0.6 is 23.2 Å². The summed E-state index contributed by atoms with van der Waals surface area (Å²) < 4.78 is 7.85. The third-order valence-electron chi connectivity index (χ3n) is 7.44. The zero-order valence-corrected chi connectivity index (χ0v) is 27.6. The molecule has 5 aliphatic heterocycles. The van der Waals surface area contributed by atoms with E-state index in [1.807, 2.05) is 26.0 Å². The van der Waals surface area contributed by atoms with Gasteiger partial charge < -0.3 is 24.5 Å². The topological polar surface area (TPSA) is 203 Å². The van der Waals surface area contributed by atoms with Gasteiger partial charge in [-0.2, -0.15) is 9.97 Å². The number of nitrogens with zero attached hydrogens (tertiary/aromatic N) is 7. The first kappa shape index (κ1) is 33.5. The number of nitrogen functional groups attached to an aromatic ring is 1. The van der Waals surface area contributed by atoms with E-state index in [4.69, 9.17) is 28.9 Å².